The Morgan fingerprint density at radius 3 is 2.00 bits per heavy atom. The highest BCUT2D eigenvalue weighted by atomic mass is 16.5. The predicted molar refractivity (Wildman–Crippen MR) is 141 cm³/mol. The molecule has 2 unspecified atom stereocenters. The molecule has 4 aromatic carbocycles. The average molecular weight is 477 g/mol. The zero-order valence-electron chi connectivity index (χ0n) is 19.9. The van der Waals surface area contributed by atoms with Crippen molar-refractivity contribution < 1.29 is 14.3 Å². The molecule has 5 nitrogen and oxygen atoms in total. The molecule has 0 spiro atoms. The maximum Gasteiger partial charge on any atom is 0.243 e. The van der Waals surface area contributed by atoms with E-state index in [0.29, 0.717) is 24.7 Å². The number of nitrogens with zero attached hydrogens (tertiary/aromatic N) is 1. The molecule has 180 valence electrons. The van der Waals surface area contributed by atoms with Gasteiger partial charge in [0.25, 0.3) is 0 Å². The number of benzene rings is 4. The lowest BCUT2D eigenvalue weighted by molar-refractivity contribution is -0.122. The molecule has 0 saturated heterocycles. The summed E-state index contributed by atoms with van der Waals surface area (Å²) in [5.41, 5.74) is 6.84. The number of rotatable bonds is 10. The zero-order valence-corrected chi connectivity index (χ0v) is 19.9. The van der Waals surface area contributed by atoms with E-state index in [1.807, 2.05) is 97.1 Å². The SMILES string of the molecule is O=C(NN=Cc1ccc(OCc2ccccc2)c(OCc2ccccc2)c1)C1CC1c1ccccc1. The Hall–Kier alpha value is -4.38. The summed E-state index contributed by atoms with van der Waals surface area (Å²) in [6, 6.07) is 35.8. The van der Waals surface area contributed by atoms with Crippen molar-refractivity contribution in [2.45, 2.75) is 25.6 Å². The van der Waals surface area contributed by atoms with Crippen LogP contribution < -0.4 is 14.9 Å². The first kappa shape index (κ1) is 23.4. The molecular formula is C31H28N2O3. The summed E-state index contributed by atoms with van der Waals surface area (Å²) in [5.74, 6) is 1.48. The van der Waals surface area contributed by atoms with E-state index in [1.54, 1.807) is 6.21 Å². The Labute approximate surface area is 211 Å². The molecular weight excluding hydrogens is 448 g/mol. The van der Waals surface area contributed by atoms with Crippen molar-refractivity contribution in [2.75, 3.05) is 0 Å². The summed E-state index contributed by atoms with van der Waals surface area (Å²) < 4.78 is 12.2. The van der Waals surface area contributed by atoms with Gasteiger partial charge in [0.2, 0.25) is 5.91 Å². The normalized spacial score (nSPS) is 16.4. The van der Waals surface area contributed by atoms with Gasteiger partial charge in [-0.1, -0.05) is 91.0 Å². The first-order chi connectivity index (χ1) is 17.8. The lowest BCUT2D eigenvalue weighted by atomic mass is 10.1. The van der Waals surface area contributed by atoms with Gasteiger partial charge in [0.1, 0.15) is 13.2 Å². The molecule has 0 heterocycles. The maximum atomic E-state index is 12.5. The molecule has 1 saturated carbocycles. The number of hydrogen-bond donors (Lipinski definition) is 1. The largest absolute Gasteiger partial charge is 0.485 e. The van der Waals surface area contributed by atoms with Crippen molar-refractivity contribution in [3.05, 3.63) is 131 Å². The first-order valence-electron chi connectivity index (χ1n) is 12.1. The fourth-order valence-corrected chi connectivity index (χ4v) is 4.11. The number of ether oxygens (including phenoxy) is 2. The van der Waals surface area contributed by atoms with Gasteiger partial charge in [-0.25, -0.2) is 5.43 Å². The van der Waals surface area contributed by atoms with Gasteiger partial charge in [0.15, 0.2) is 11.5 Å². The van der Waals surface area contributed by atoms with E-state index < -0.39 is 0 Å². The summed E-state index contributed by atoms with van der Waals surface area (Å²) in [5, 5.41) is 4.19. The molecule has 1 amide bonds. The molecule has 5 rings (SSSR count). The summed E-state index contributed by atoms with van der Waals surface area (Å²) >= 11 is 0. The monoisotopic (exact) mass is 476 g/mol. The van der Waals surface area contributed by atoms with Crippen molar-refractivity contribution in [3.8, 4) is 11.5 Å². The van der Waals surface area contributed by atoms with Crippen LogP contribution in [0.25, 0.3) is 0 Å². The van der Waals surface area contributed by atoms with Crippen LogP contribution in [-0.2, 0) is 18.0 Å². The minimum atomic E-state index is -0.0523. The van der Waals surface area contributed by atoms with Gasteiger partial charge in [0, 0.05) is 5.92 Å². The minimum Gasteiger partial charge on any atom is -0.485 e. The molecule has 0 aliphatic heterocycles. The highest BCUT2D eigenvalue weighted by Crippen LogP contribution is 2.47. The van der Waals surface area contributed by atoms with Crippen LogP contribution in [0, 0.1) is 5.92 Å². The van der Waals surface area contributed by atoms with E-state index >= 15 is 0 Å². The lowest BCUT2D eigenvalue weighted by Gasteiger charge is -2.14. The Morgan fingerprint density at radius 2 is 1.36 bits per heavy atom. The molecule has 0 radical (unpaired) electrons. The molecule has 1 aliphatic rings. The molecule has 1 fully saturated rings. The second-order valence-corrected chi connectivity index (χ2v) is 8.85. The van der Waals surface area contributed by atoms with Crippen LogP contribution >= 0.6 is 0 Å². The second-order valence-electron chi connectivity index (χ2n) is 8.85. The molecule has 5 heteroatoms. The van der Waals surface area contributed by atoms with Gasteiger partial charge >= 0.3 is 0 Å². The predicted octanol–water partition coefficient (Wildman–Crippen LogP) is 6.10. The van der Waals surface area contributed by atoms with Crippen molar-refractivity contribution in [1.29, 1.82) is 0 Å². The third-order valence-electron chi connectivity index (χ3n) is 6.19. The summed E-state index contributed by atoms with van der Waals surface area (Å²) in [7, 11) is 0. The molecule has 1 aliphatic carbocycles. The Bertz CT molecular complexity index is 1310. The highest BCUT2D eigenvalue weighted by Gasteiger charge is 2.43. The van der Waals surface area contributed by atoms with E-state index in [9.17, 15) is 4.79 Å². The number of hydrazone groups is 1. The van der Waals surface area contributed by atoms with Crippen LogP contribution in [0.2, 0.25) is 0 Å². The number of hydrogen-bond acceptors (Lipinski definition) is 4. The van der Waals surface area contributed by atoms with Gasteiger partial charge in [-0.05, 0) is 52.8 Å². The third kappa shape index (κ3) is 6.19. The van der Waals surface area contributed by atoms with E-state index in [4.69, 9.17) is 9.47 Å². The number of nitrogens with one attached hydrogen (secondary N) is 1. The van der Waals surface area contributed by atoms with Gasteiger partial charge in [-0.3, -0.25) is 4.79 Å². The van der Waals surface area contributed by atoms with Crippen LogP contribution in [0.4, 0.5) is 0 Å². The summed E-state index contributed by atoms with van der Waals surface area (Å²) in [6.45, 7) is 0.860. The maximum absolute atomic E-state index is 12.5. The van der Waals surface area contributed by atoms with Crippen molar-refractivity contribution >= 4 is 12.1 Å². The van der Waals surface area contributed by atoms with E-state index in [1.165, 1.54) is 5.56 Å². The highest BCUT2D eigenvalue weighted by molar-refractivity contribution is 5.86. The van der Waals surface area contributed by atoms with Crippen molar-refractivity contribution in [1.82, 2.24) is 5.43 Å². The lowest BCUT2D eigenvalue weighted by Crippen LogP contribution is -2.20. The molecule has 1 N–H and O–H groups in total. The van der Waals surface area contributed by atoms with Crippen LogP contribution in [0.3, 0.4) is 0 Å². The number of carbonyl (C=O) groups is 1. The van der Waals surface area contributed by atoms with E-state index in [0.717, 1.165) is 23.1 Å². The fourth-order valence-electron chi connectivity index (χ4n) is 4.11. The number of carbonyl (C=O) groups excluding carboxylic acids is 1. The Balaban J connectivity index is 1.23. The van der Waals surface area contributed by atoms with Crippen LogP contribution in [0.15, 0.2) is 114 Å². The third-order valence-corrected chi connectivity index (χ3v) is 6.19. The minimum absolute atomic E-state index is 0.0249. The molecule has 2 atom stereocenters. The van der Waals surface area contributed by atoms with Crippen molar-refractivity contribution in [3.63, 3.8) is 0 Å². The smallest absolute Gasteiger partial charge is 0.243 e. The van der Waals surface area contributed by atoms with Gasteiger partial charge in [-0.2, -0.15) is 5.10 Å². The van der Waals surface area contributed by atoms with Crippen LogP contribution in [0.1, 0.15) is 34.6 Å². The second kappa shape index (κ2) is 11.4. The van der Waals surface area contributed by atoms with Crippen LogP contribution in [0.5, 0.6) is 11.5 Å². The summed E-state index contributed by atoms with van der Waals surface area (Å²) in [6.07, 6.45) is 2.49. The van der Waals surface area contributed by atoms with Gasteiger partial charge < -0.3 is 9.47 Å². The van der Waals surface area contributed by atoms with Crippen LogP contribution in [-0.4, -0.2) is 12.1 Å². The Morgan fingerprint density at radius 1 is 0.778 bits per heavy atom. The number of amides is 1. The quantitative estimate of drug-likeness (QED) is 0.222. The Kier molecular flexibility index (Phi) is 7.38. The standard InChI is InChI=1S/C31H28N2O3/c34-31(28-19-27(28)26-14-8-3-9-15-26)33-32-20-25-16-17-29(35-21-23-10-4-1-5-11-23)30(18-25)36-22-24-12-6-2-7-13-24/h1-18,20,27-28H,19,21-22H2,(H,33,34). The average Bonchev–Trinajstić information content (AvgIpc) is 3.74. The van der Waals surface area contributed by atoms with Gasteiger partial charge in [0.05, 0.1) is 6.21 Å². The fraction of sp³-hybridized carbons (Fsp3) is 0.161. The molecule has 0 bridgehead atoms. The van der Waals surface area contributed by atoms with E-state index in [-0.39, 0.29) is 17.7 Å². The molecule has 36 heavy (non-hydrogen) atoms. The molecule has 0 aromatic heterocycles. The van der Waals surface area contributed by atoms with Gasteiger partial charge in [-0.15, -0.1) is 0 Å². The first-order valence-corrected chi connectivity index (χ1v) is 12.1. The molecule has 4 aromatic rings. The van der Waals surface area contributed by atoms with Crippen molar-refractivity contribution in [2.24, 2.45) is 11.0 Å². The zero-order chi connectivity index (χ0) is 24.6. The topological polar surface area (TPSA) is 59.9 Å². The summed E-state index contributed by atoms with van der Waals surface area (Å²) in [4.78, 5) is 12.5. The van der Waals surface area contributed by atoms with E-state index in [2.05, 4.69) is 22.7 Å².